The molecule has 21 heavy (non-hydrogen) atoms. The summed E-state index contributed by atoms with van der Waals surface area (Å²) in [6.45, 7) is 0. The van der Waals surface area contributed by atoms with Crippen molar-refractivity contribution in [2.45, 2.75) is 38.5 Å². The highest BCUT2D eigenvalue weighted by atomic mass is 32.1. The van der Waals surface area contributed by atoms with Gasteiger partial charge in [0.25, 0.3) is 5.56 Å². The van der Waals surface area contributed by atoms with Gasteiger partial charge in [0.1, 0.15) is 21.5 Å². The van der Waals surface area contributed by atoms with Gasteiger partial charge in [-0.15, -0.1) is 0 Å². The first-order valence-corrected chi connectivity index (χ1v) is 7.69. The standard InChI is InChI=1S/C14H18N4O2S/c1-18-11-10(12(19)17-14(18)20)13(21)16-9(15-11)7-6-8-4-2-3-5-8/h8H,2-7H2,1H3,(H,15,16,21)(H,17,19,20). The lowest BCUT2D eigenvalue weighted by atomic mass is 10.0. The van der Waals surface area contributed by atoms with Crippen LogP contribution in [0.1, 0.15) is 37.9 Å². The number of hydrogen-bond donors (Lipinski definition) is 2. The Kier molecular flexibility index (Phi) is 3.75. The summed E-state index contributed by atoms with van der Waals surface area (Å²) in [6, 6.07) is 0. The van der Waals surface area contributed by atoms with Crippen LogP contribution in [0, 0.1) is 10.6 Å². The maximum atomic E-state index is 11.9. The molecule has 6 nitrogen and oxygen atoms in total. The van der Waals surface area contributed by atoms with Crippen LogP contribution in [0.5, 0.6) is 0 Å². The van der Waals surface area contributed by atoms with E-state index in [2.05, 4.69) is 15.0 Å². The second-order valence-corrected chi connectivity index (χ2v) is 6.11. The van der Waals surface area contributed by atoms with Crippen molar-refractivity contribution in [2.24, 2.45) is 13.0 Å². The molecule has 0 unspecified atom stereocenters. The first-order chi connectivity index (χ1) is 10.1. The maximum absolute atomic E-state index is 11.9. The molecule has 112 valence electrons. The molecule has 1 aliphatic rings. The lowest BCUT2D eigenvalue weighted by molar-refractivity contribution is 0.497. The van der Waals surface area contributed by atoms with Crippen molar-refractivity contribution in [1.82, 2.24) is 19.5 Å². The molecule has 2 aromatic rings. The molecule has 0 bridgehead atoms. The zero-order chi connectivity index (χ0) is 15.0. The lowest BCUT2D eigenvalue weighted by Crippen LogP contribution is -2.29. The zero-order valence-electron chi connectivity index (χ0n) is 11.9. The van der Waals surface area contributed by atoms with Gasteiger partial charge >= 0.3 is 5.69 Å². The smallest absolute Gasteiger partial charge is 0.329 e. The number of fused-ring (bicyclic) bond motifs is 1. The molecule has 2 aromatic heterocycles. The SMILES string of the molecule is Cn1c(=O)[nH]c(=O)c2c(=S)nc(CCC3CCCC3)[nH]c21. The van der Waals surface area contributed by atoms with Crippen molar-refractivity contribution in [2.75, 3.05) is 0 Å². The third-order valence-corrected chi connectivity index (χ3v) is 4.60. The minimum Gasteiger partial charge on any atom is -0.329 e. The van der Waals surface area contributed by atoms with Crippen molar-refractivity contribution < 1.29 is 0 Å². The number of aryl methyl sites for hydroxylation is 2. The van der Waals surface area contributed by atoms with Crippen LogP contribution in [-0.4, -0.2) is 19.5 Å². The molecule has 0 atom stereocenters. The van der Waals surface area contributed by atoms with Gasteiger partial charge < -0.3 is 4.98 Å². The van der Waals surface area contributed by atoms with E-state index in [1.54, 1.807) is 7.05 Å². The van der Waals surface area contributed by atoms with Crippen LogP contribution in [0.2, 0.25) is 0 Å². The lowest BCUT2D eigenvalue weighted by Gasteiger charge is -2.10. The van der Waals surface area contributed by atoms with Crippen molar-refractivity contribution in [3.63, 3.8) is 0 Å². The normalized spacial score (nSPS) is 15.9. The molecule has 1 fully saturated rings. The number of hydrogen-bond acceptors (Lipinski definition) is 4. The van der Waals surface area contributed by atoms with Gasteiger partial charge in [-0.25, -0.2) is 9.78 Å². The number of nitrogens with zero attached hydrogens (tertiary/aromatic N) is 2. The van der Waals surface area contributed by atoms with E-state index in [1.165, 1.54) is 30.3 Å². The third-order valence-electron chi connectivity index (χ3n) is 4.30. The van der Waals surface area contributed by atoms with Gasteiger partial charge in [0.15, 0.2) is 0 Å². The Morgan fingerprint density at radius 3 is 2.71 bits per heavy atom. The summed E-state index contributed by atoms with van der Waals surface area (Å²) in [6.07, 6.45) is 7.07. The van der Waals surface area contributed by atoms with E-state index < -0.39 is 11.2 Å². The van der Waals surface area contributed by atoms with Gasteiger partial charge in [-0.2, -0.15) is 0 Å². The van der Waals surface area contributed by atoms with Gasteiger partial charge in [0, 0.05) is 13.5 Å². The highest BCUT2D eigenvalue weighted by Gasteiger charge is 2.16. The number of rotatable bonds is 3. The molecule has 2 N–H and O–H groups in total. The van der Waals surface area contributed by atoms with Crippen LogP contribution in [0.25, 0.3) is 11.0 Å². The van der Waals surface area contributed by atoms with E-state index >= 15 is 0 Å². The highest BCUT2D eigenvalue weighted by Crippen LogP contribution is 2.28. The fourth-order valence-corrected chi connectivity index (χ4v) is 3.37. The van der Waals surface area contributed by atoms with Crippen LogP contribution in [0.3, 0.4) is 0 Å². The molecule has 0 saturated heterocycles. The summed E-state index contributed by atoms with van der Waals surface area (Å²) < 4.78 is 1.62. The average Bonchev–Trinajstić information content (AvgIpc) is 2.95. The quantitative estimate of drug-likeness (QED) is 0.847. The predicted octanol–water partition coefficient (Wildman–Crippen LogP) is 1.80. The maximum Gasteiger partial charge on any atom is 0.329 e. The minimum atomic E-state index is -0.482. The molecule has 0 aromatic carbocycles. The van der Waals surface area contributed by atoms with E-state index in [-0.39, 0.29) is 10.0 Å². The highest BCUT2D eigenvalue weighted by molar-refractivity contribution is 7.71. The van der Waals surface area contributed by atoms with E-state index in [0.29, 0.717) is 5.65 Å². The monoisotopic (exact) mass is 306 g/mol. The molecule has 0 spiro atoms. The molecule has 7 heteroatoms. The Morgan fingerprint density at radius 1 is 1.29 bits per heavy atom. The first-order valence-electron chi connectivity index (χ1n) is 7.28. The molecular formula is C14H18N4O2S. The van der Waals surface area contributed by atoms with Crippen molar-refractivity contribution >= 4 is 23.3 Å². The first kappa shape index (κ1) is 14.2. The second kappa shape index (κ2) is 5.55. The van der Waals surface area contributed by atoms with Crippen LogP contribution >= 0.6 is 12.2 Å². The Balaban J connectivity index is 2.01. The van der Waals surface area contributed by atoms with Gasteiger partial charge in [0.2, 0.25) is 0 Å². The third kappa shape index (κ3) is 2.70. The topological polar surface area (TPSA) is 83.5 Å². The van der Waals surface area contributed by atoms with E-state index in [4.69, 9.17) is 12.2 Å². The Labute approximate surface area is 126 Å². The number of H-pyrrole nitrogens is 2. The van der Waals surface area contributed by atoms with Crippen LogP contribution in [-0.2, 0) is 13.5 Å². The Hall–Kier alpha value is -1.76. The van der Waals surface area contributed by atoms with Gasteiger partial charge in [0.05, 0.1) is 0 Å². The summed E-state index contributed by atoms with van der Waals surface area (Å²) in [5.41, 5.74) is -0.486. The molecule has 0 aliphatic heterocycles. The van der Waals surface area contributed by atoms with Crippen molar-refractivity contribution in [3.05, 3.63) is 31.3 Å². The van der Waals surface area contributed by atoms with E-state index in [9.17, 15) is 9.59 Å². The molecule has 0 radical (unpaired) electrons. The molecular weight excluding hydrogens is 288 g/mol. The number of aromatic amines is 2. The minimum absolute atomic E-state index is 0.252. The molecule has 1 saturated carbocycles. The van der Waals surface area contributed by atoms with Gasteiger partial charge in [-0.3, -0.25) is 14.3 Å². The fraction of sp³-hybridized carbons (Fsp3) is 0.571. The summed E-state index contributed by atoms with van der Waals surface area (Å²) in [5.74, 6) is 1.51. The van der Waals surface area contributed by atoms with Crippen LogP contribution in [0.15, 0.2) is 9.59 Å². The summed E-state index contributed by atoms with van der Waals surface area (Å²) in [5, 5.41) is 0.275. The van der Waals surface area contributed by atoms with E-state index in [0.717, 1.165) is 24.6 Å². The Morgan fingerprint density at radius 2 is 2.00 bits per heavy atom. The molecule has 2 heterocycles. The van der Waals surface area contributed by atoms with Crippen molar-refractivity contribution in [1.29, 1.82) is 0 Å². The second-order valence-electron chi connectivity index (χ2n) is 5.72. The van der Waals surface area contributed by atoms with Crippen LogP contribution < -0.4 is 11.2 Å². The van der Waals surface area contributed by atoms with Gasteiger partial charge in [-0.1, -0.05) is 37.9 Å². The average molecular weight is 306 g/mol. The summed E-state index contributed by atoms with van der Waals surface area (Å²) in [7, 11) is 1.60. The Bertz CT molecular complexity index is 843. The molecule has 3 rings (SSSR count). The van der Waals surface area contributed by atoms with Crippen molar-refractivity contribution in [3.8, 4) is 0 Å². The number of aromatic nitrogens is 4. The predicted molar refractivity (Wildman–Crippen MR) is 83.1 cm³/mol. The van der Waals surface area contributed by atoms with Gasteiger partial charge in [-0.05, 0) is 12.3 Å². The van der Waals surface area contributed by atoms with E-state index in [1.807, 2.05) is 0 Å². The summed E-state index contributed by atoms with van der Waals surface area (Å²) >= 11 is 5.21. The summed E-state index contributed by atoms with van der Waals surface area (Å²) in [4.78, 5) is 33.2. The largest absolute Gasteiger partial charge is 0.329 e. The number of nitrogens with one attached hydrogen (secondary N) is 2. The van der Waals surface area contributed by atoms with Crippen LogP contribution in [0.4, 0.5) is 0 Å². The molecule has 0 amide bonds. The molecule has 1 aliphatic carbocycles. The zero-order valence-corrected chi connectivity index (χ0v) is 12.8. The fourth-order valence-electron chi connectivity index (χ4n) is 3.07.